The van der Waals surface area contributed by atoms with E-state index in [0.717, 1.165) is 0 Å². The highest BCUT2D eigenvalue weighted by atomic mass is 35.5. The normalized spacial score (nSPS) is 12.6. The Morgan fingerprint density at radius 3 is 2.78 bits per heavy atom. The number of carbonyl (C=O) groups excluding carboxylic acids is 1. The monoisotopic (exact) mass is 334 g/mol. The number of hydrogen-bond donors (Lipinski definition) is 2. The SMILES string of the molecule is O=C(NCCNc1ncccn1)c1cc(Cl)c2c(c1)OCCO2. The molecule has 1 amide bonds. The third-order valence-corrected chi connectivity index (χ3v) is 3.40. The largest absolute Gasteiger partial charge is 0.486 e. The Bertz CT molecular complexity index is 697. The summed E-state index contributed by atoms with van der Waals surface area (Å²) < 4.78 is 10.9. The number of rotatable bonds is 5. The number of nitrogens with one attached hydrogen (secondary N) is 2. The molecule has 7 nitrogen and oxygen atoms in total. The first-order valence-electron chi connectivity index (χ1n) is 7.12. The third-order valence-electron chi connectivity index (χ3n) is 3.12. The molecule has 0 saturated heterocycles. The number of halogens is 1. The average Bonchev–Trinajstić information content (AvgIpc) is 2.59. The van der Waals surface area contributed by atoms with Gasteiger partial charge in [-0.05, 0) is 18.2 Å². The van der Waals surface area contributed by atoms with Crippen LogP contribution in [0.2, 0.25) is 5.02 Å². The predicted octanol–water partition coefficient (Wildman–Crippen LogP) is 1.74. The van der Waals surface area contributed by atoms with E-state index in [1.807, 2.05) is 0 Å². The van der Waals surface area contributed by atoms with E-state index in [1.165, 1.54) is 0 Å². The smallest absolute Gasteiger partial charge is 0.251 e. The minimum Gasteiger partial charge on any atom is -0.486 e. The van der Waals surface area contributed by atoms with Crippen molar-refractivity contribution in [2.45, 2.75) is 0 Å². The predicted molar refractivity (Wildman–Crippen MR) is 85.3 cm³/mol. The van der Waals surface area contributed by atoms with Gasteiger partial charge >= 0.3 is 0 Å². The van der Waals surface area contributed by atoms with Gasteiger partial charge in [-0.25, -0.2) is 9.97 Å². The second-order valence-corrected chi connectivity index (χ2v) is 5.14. The van der Waals surface area contributed by atoms with Gasteiger partial charge in [-0.3, -0.25) is 4.79 Å². The molecule has 1 aromatic heterocycles. The Labute approximate surface area is 138 Å². The number of benzene rings is 1. The molecule has 0 atom stereocenters. The van der Waals surface area contributed by atoms with E-state index < -0.39 is 0 Å². The second-order valence-electron chi connectivity index (χ2n) is 4.74. The summed E-state index contributed by atoms with van der Waals surface area (Å²) in [5, 5.41) is 6.16. The van der Waals surface area contributed by atoms with E-state index in [2.05, 4.69) is 20.6 Å². The lowest BCUT2D eigenvalue weighted by Gasteiger charge is -2.20. The van der Waals surface area contributed by atoms with Crippen LogP contribution in [0.3, 0.4) is 0 Å². The van der Waals surface area contributed by atoms with Crippen molar-refractivity contribution < 1.29 is 14.3 Å². The molecule has 120 valence electrons. The lowest BCUT2D eigenvalue weighted by Crippen LogP contribution is -2.29. The van der Waals surface area contributed by atoms with Crippen molar-refractivity contribution in [3.8, 4) is 11.5 Å². The van der Waals surface area contributed by atoms with Gasteiger partial charge in [0, 0.05) is 31.0 Å². The van der Waals surface area contributed by atoms with Gasteiger partial charge in [0.2, 0.25) is 5.95 Å². The number of ether oxygens (including phenoxy) is 2. The van der Waals surface area contributed by atoms with Crippen LogP contribution in [0.15, 0.2) is 30.6 Å². The molecule has 2 heterocycles. The molecule has 3 rings (SSSR count). The van der Waals surface area contributed by atoms with Crippen LogP contribution in [0.25, 0.3) is 0 Å². The maximum atomic E-state index is 12.2. The summed E-state index contributed by atoms with van der Waals surface area (Å²) in [6, 6.07) is 4.93. The first kappa shape index (κ1) is 15.4. The van der Waals surface area contributed by atoms with Gasteiger partial charge in [0.1, 0.15) is 13.2 Å². The third kappa shape index (κ3) is 3.81. The van der Waals surface area contributed by atoms with Crippen molar-refractivity contribution in [3.63, 3.8) is 0 Å². The van der Waals surface area contributed by atoms with Crippen LogP contribution >= 0.6 is 11.6 Å². The van der Waals surface area contributed by atoms with Crippen LogP contribution in [0, 0.1) is 0 Å². The molecule has 2 N–H and O–H groups in total. The Kier molecular flexibility index (Phi) is 4.77. The summed E-state index contributed by atoms with van der Waals surface area (Å²) in [5.41, 5.74) is 0.426. The van der Waals surface area contributed by atoms with E-state index in [9.17, 15) is 4.79 Å². The highest BCUT2D eigenvalue weighted by Gasteiger charge is 2.19. The molecule has 1 aliphatic heterocycles. The second kappa shape index (κ2) is 7.15. The summed E-state index contributed by atoms with van der Waals surface area (Å²) >= 11 is 6.12. The summed E-state index contributed by atoms with van der Waals surface area (Å²) in [4.78, 5) is 20.2. The van der Waals surface area contributed by atoms with Gasteiger partial charge in [0.05, 0.1) is 5.02 Å². The number of hydrogen-bond acceptors (Lipinski definition) is 6. The van der Waals surface area contributed by atoms with Crippen molar-refractivity contribution in [2.24, 2.45) is 0 Å². The van der Waals surface area contributed by atoms with Crippen molar-refractivity contribution in [1.82, 2.24) is 15.3 Å². The quantitative estimate of drug-likeness (QED) is 0.810. The molecule has 0 unspecified atom stereocenters. The zero-order valence-electron chi connectivity index (χ0n) is 12.2. The van der Waals surface area contributed by atoms with Crippen LogP contribution in [-0.2, 0) is 0 Å². The molecule has 1 aromatic carbocycles. The van der Waals surface area contributed by atoms with E-state index in [1.54, 1.807) is 30.6 Å². The Morgan fingerprint density at radius 2 is 1.96 bits per heavy atom. The fraction of sp³-hybridized carbons (Fsp3) is 0.267. The molecule has 2 aromatic rings. The number of nitrogens with zero attached hydrogens (tertiary/aromatic N) is 2. The standard InChI is InChI=1S/C15H15ClN4O3/c16-11-8-10(9-12-13(11)23-7-6-22-12)14(21)17-4-5-20-15-18-2-1-3-19-15/h1-3,8-9H,4-7H2,(H,17,21)(H,18,19,20). The first-order valence-corrected chi connectivity index (χ1v) is 7.50. The number of carbonyl (C=O) groups is 1. The van der Waals surface area contributed by atoms with Gasteiger partial charge in [-0.1, -0.05) is 11.6 Å². The maximum Gasteiger partial charge on any atom is 0.251 e. The molecule has 0 radical (unpaired) electrons. The van der Waals surface area contributed by atoms with Gasteiger partial charge in [-0.15, -0.1) is 0 Å². The van der Waals surface area contributed by atoms with Crippen LogP contribution < -0.4 is 20.1 Å². The lowest BCUT2D eigenvalue weighted by molar-refractivity contribution is 0.0954. The molecule has 0 bridgehead atoms. The van der Waals surface area contributed by atoms with Crippen LogP contribution in [0.5, 0.6) is 11.5 Å². The van der Waals surface area contributed by atoms with Crippen molar-refractivity contribution >= 4 is 23.5 Å². The first-order chi connectivity index (χ1) is 11.2. The molecule has 0 spiro atoms. The molecule has 0 saturated carbocycles. The number of anilines is 1. The Balaban J connectivity index is 1.55. The molecular formula is C15H15ClN4O3. The summed E-state index contributed by atoms with van der Waals surface area (Å²) in [7, 11) is 0. The zero-order valence-corrected chi connectivity index (χ0v) is 13.0. The summed E-state index contributed by atoms with van der Waals surface area (Å²) in [5.74, 6) is 1.26. The Morgan fingerprint density at radius 1 is 1.17 bits per heavy atom. The topological polar surface area (TPSA) is 85.4 Å². The van der Waals surface area contributed by atoms with Gasteiger partial charge < -0.3 is 20.1 Å². The summed E-state index contributed by atoms with van der Waals surface area (Å²) in [6.07, 6.45) is 3.29. The van der Waals surface area contributed by atoms with E-state index >= 15 is 0 Å². The number of aromatic nitrogens is 2. The van der Waals surface area contributed by atoms with E-state index in [0.29, 0.717) is 54.3 Å². The molecule has 1 aliphatic rings. The minimum absolute atomic E-state index is 0.236. The maximum absolute atomic E-state index is 12.2. The molecular weight excluding hydrogens is 320 g/mol. The van der Waals surface area contributed by atoms with Crippen molar-refractivity contribution in [2.75, 3.05) is 31.6 Å². The minimum atomic E-state index is -0.236. The number of amides is 1. The van der Waals surface area contributed by atoms with Crippen LogP contribution in [0.1, 0.15) is 10.4 Å². The van der Waals surface area contributed by atoms with Gasteiger partial charge in [0.25, 0.3) is 5.91 Å². The van der Waals surface area contributed by atoms with Crippen molar-refractivity contribution in [3.05, 3.63) is 41.2 Å². The summed E-state index contributed by atoms with van der Waals surface area (Å²) in [6.45, 7) is 1.82. The zero-order chi connectivity index (χ0) is 16.1. The fourth-order valence-corrected chi connectivity index (χ4v) is 2.35. The van der Waals surface area contributed by atoms with Crippen LogP contribution in [0.4, 0.5) is 5.95 Å². The molecule has 0 aliphatic carbocycles. The molecule has 0 fully saturated rings. The lowest BCUT2D eigenvalue weighted by atomic mass is 10.2. The van der Waals surface area contributed by atoms with Gasteiger partial charge in [0.15, 0.2) is 11.5 Å². The van der Waals surface area contributed by atoms with E-state index in [-0.39, 0.29) is 5.91 Å². The highest BCUT2D eigenvalue weighted by Crippen LogP contribution is 2.38. The van der Waals surface area contributed by atoms with Crippen LogP contribution in [-0.4, -0.2) is 42.2 Å². The average molecular weight is 335 g/mol. The van der Waals surface area contributed by atoms with Gasteiger partial charge in [-0.2, -0.15) is 0 Å². The number of fused-ring (bicyclic) bond motifs is 1. The van der Waals surface area contributed by atoms with Crippen molar-refractivity contribution in [1.29, 1.82) is 0 Å². The fourth-order valence-electron chi connectivity index (χ4n) is 2.08. The van der Waals surface area contributed by atoms with E-state index in [4.69, 9.17) is 21.1 Å². The highest BCUT2D eigenvalue weighted by molar-refractivity contribution is 6.32. The Hall–Kier alpha value is -2.54. The molecule has 23 heavy (non-hydrogen) atoms. The molecule has 8 heteroatoms.